The second-order valence-corrected chi connectivity index (χ2v) is 6.91. The van der Waals surface area contributed by atoms with E-state index in [1.54, 1.807) is 6.07 Å². The Labute approximate surface area is 182 Å². The zero-order chi connectivity index (χ0) is 23.8. The van der Waals surface area contributed by atoms with E-state index in [4.69, 9.17) is 0 Å². The molecule has 1 aromatic carbocycles. The Morgan fingerprint density at radius 1 is 0.848 bits per heavy atom. The van der Waals surface area contributed by atoms with E-state index in [1.807, 2.05) is 0 Å². The number of carbonyl (C=O) groups excluding carboxylic acids is 1. The first-order valence-corrected chi connectivity index (χ1v) is 9.29. The van der Waals surface area contributed by atoms with Crippen LogP contribution in [0.4, 0.5) is 37.7 Å². The number of aromatic nitrogens is 3. The topological polar surface area (TPSA) is 67.8 Å². The lowest BCUT2D eigenvalue weighted by molar-refractivity contribution is -0.138. The van der Waals surface area contributed by atoms with Crippen LogP contribution in [0.15, 0.2) is 60.9 Å². The highest BCUT2D eigenvalue weighted by Gasteiger charge is 2.35. The summed E-state index contributed by atoms with van der Waals surface area (Å²) in [6, 6.07) is 9.41. The number of pyridine rings is 3. The van der Waals surface area contributed by atoms with Gasteiger partial charge in [-0.15, -0.1) is 0 Å². The van der Waals surface area contributed by atoms with E-state index < -0.39 is 29.2 Å². The lowest BCUT2D eigenvalue weighted by Crippen LogP contribution is -2.10. The number of aldehydes is 1. The number of hydrogen-bond acceptors (Lipinski definition) is 5. The maximum Gasteiger partial charge on any atom is 0.418 e. The van der Waals surface area contributed by atoms with Crippen LogP contribution < -0.4 is 5.32 Å². The molecule has 0 bridgehead atoms. The summed E-state index contributed by atoms with van der Waals surface area (Å²) in [5.74, 6) is 0. The molecule has 0 aliphatic heterocycles. The molecule has 3 heterocycles. The fourth-order valence-corrected chi connectivity index (χ4v) is 3.13. The number of nitrogens with zero attached hydrogens (tertiary/aromatic N) is 3. The third kappa shape index (κ3) is 4.61. The van der Waals surface area contributed by atoms with Crippen molar-refractivity contribution in [1.29, 1.82) is 0 Å². The Morgan fingerprint density at radius 2 is 1.58 bits per heavy atom. The van der Waals surface area contributed by atoms with Crippen molar-refractivity contribution in [2.75, 3.05) is 5.32 Å². The van der Waals surface area contributed by atoms with Crippen LogP contribution in [0.25, 0.3) is 22.4 Å². The van der Waals surface area contributed by atoms with Crippen LogP contribution in [0.5, 0.6) is 0 Å². The molecule has 11 heteroatoms. The van der Waals surface area contributed by atoms with Gasteiger partial charge in [-0.05, 0) is 48.5 Å². The predicted molar refractivity (Wildman–Crippen MR) is 108 cm³/mol. The number of alkyl halides is 6. The number of fused-ring (bicyclic) bond motifs is 1. The van der Waals surface area contributed by atoms with Crippen molar-refractivity contribution in [2.45, 2.75) is 12.4 Å². The fourth-order valence-electron chi connectivity index (χ4n) is 3.13. The molecule has 0 saturated carbocycles. The Bertz CT molecular complexity index is 1330. The SMILES string of the molecule is O=Cc1cnc(-c2ccc3c(Nc4ccc(C(F)(F)F)cc4)ccnc3n2)c(C(F)(F)F)c1. The van der Waals surface area contributed by atoms with Gasteiger partial charge in [-0.2, -0.15) is 26.3 Å². The number of nitrogens with one attached hydrogen (secondary N) is 1. The molecule has 1 N–H and O–H groups in total. The molecule has 4 rings (SSSR count). The van der Waals surface area contributed by atoms with Crippen LogP contribution in [-0.4, -0.2) is 21.2 Å². The van der Waals surface area contributed by atoms with Gasteiger partial charge in [0.1, 0.15) is 5.69 Å². The van der Waals surface area contributed by atoms with Gasteiger partial charge in [0.05, 0.1) is 22.5 Å². The van der Waals surface area contributed by atoms with Gasteiger partial charge in [0, 0.05) is 29.0 Å². The largest absolute Gasteiger partial charge is 0.418 e. The van der Waals surface area contributed by atoms with Crippen LogP contribution in [-0.2, 0) is 12.4 Å². The molecule has 0 aliphatic rings. The molecular weight excluding hydrogens is 450 g/mol. The van der Waals surface area contributed by atoms with Gasteiger partial charge in [0.2, 0.25) is 0 Å². The maximum atomic E-state index is 13.5. The van der Waals surface area contributed by atoms with E-state index in [2.05, 4.69) is 20.3 Å². The first-order valence-electron chi connectivity index (χ1n) is 9.29. The Kier molecular flexibility index (Phi) is 5.48. The van der Waals surface area contributed by atoms with E-state index in [0.29, 0.717) is 22.8 Å². The first kappa shape index (κ1) is 22.2. The molecule has 0 unspecified atom stereocenters. The summed E-state index contributed by atoms with van der Waals surface area (Å²) in [5.41, 5.74) is -1.80. The van der Waals surface area contributed by atoms with Crippen molar-refractivity contribution in [3.63, 3.8) is 0 Å². The smallest absolute Gasteiger partial charge is 0.355 e. The van der Waals surface area contributed by atoms with Crippen LogP contribution >= 0.6 is 0 Å². The molecule has 0 spiro atoms. The standard InChI is InChI=1S/C22H12F6N4O/c23-21(24,25)13-1-3-14(4-2-13)31-17-7-8-29-20-15(17)5-6-18(32-20)19-16(22(26,27)28)9-12(11-33)10-30-19/h1-11H,(H,29,31,32). The van der Waals surface area contributed by atoms with Crippen LogP contribution in [0.2, 0.25) is 0 Å². The minimum Gasteiger partial charge on any atom is -0.355 e. The van der Waals surface area contributed by atoms with Crippen LogP contribution in [0, 0.1) is 0 Å². The van der Waals surface area contributed by atoms with Gasteiger partial charge in [-0.1, -0.05) is 0 Å². The third-order valence-corrected chi connectivity index (χ3v) is 4.69. The summed E-state index contributed by atoms with van der Waals surface area (Å²) in [6.07, 6.45) is -6.59. The third-order valence-electron chi connectivity index (χ3n) is 4.69. The average molecular weight is 462 g/mol. The van der Waals surface area contributed by atoms with E-state index in [-0.39, 0.29) is 23.2 Å². The van der Waals surface area contributed by atoms with Crippen molar-refractivity contribution in [1.82, 2.24) is 15.0 Å². The van der Waals surface area contributed by atoms with Crippen molar-refractivity contribution < 1.29 is 31.1 Å². The normalized spacial score (nSPS) is 12.1. The minimum absolute atomic E-state index is 0.0961. The summed E-state index contributed by atoms with van der Waals surface area (Å²) in [5, 5.41) is 3.38. The van der Waals surface area contributed by atoms with Gasteiger partial charge in [0.15, 0.2) is 11.9 Å². The van der Waals surface area contributed by atoms with Gasteiger partial charge >= 0.3 is 12.4 Å². The summed E-state index contributed by atoms with van der Waals surface area (Å²) in [7, 11) is 0. The van der Waals surface area contributed by atoms with Crippen molar-refractivity contribution in [2.24, 2.45) is 0 Å². The fraction of sp³-hybridized carbons (Fsp3) is 0.0909. The maximum absolute atomic E-state index is 13.5. The predicted octanol–water partition coefficient (Wildman–Crippen LogP) is 6.29. The molecule has 0 amide bonds. The van der Waals surface area contributed by atoms with E-state index >= 15 is 0 Å². The van der Waals surface area contributed by atoms with Crippen molar-refractivity contribution in [3.05, 3.63) is 77.6 Å². The first-order chi connectivity index (χ1) is 15.6. The van der Waals surface area contributed by atoms with Gasteiger partial charge in [-0.3, -0.25) is 9.78 Å². The average Bonchev–Trinajstić information content (AvgIpc) is 2.77. The lowest BCUT2D eigenvalue weighted by Gasteiger charge is -2.13. The number of hydrogen-bond donors (Lipinski definition) is 1. The Hall–Kier alpha value is -4.02. The quantitative estimate of drug-likeness (QED) is 0.285. The zero-order valence-corrected chi connectivity index (χ0v) is 16.4. The van der Waals surface area contributed by atoms with E-state index in [1.165, 1.54) is 30.5 Å². The van der Waals surface area contributed by atoms with Gasteiger partial charge in [-0.25, -0.2) is 9.97 Å². The zero-order valence-electron chi connectivity index (χ0n) is 16.4. The molecule has 0 fully saturated rings. The summed E-state index contributed by atoms with van der Waals surface area (Å²) in [4.78, 5) is 22.9. The molecule has 0 saturated heterocycles. The highest BCUT2D eigenvalue weighted by Crippen LogP contribution is 2.37. The molecule has 0 atom stereocenters. The number of carbonyl (C=O) groups is 1. The van der Waals surface area contributed by atoms with Crippen molar-refractivity contribution in [3.8, 4) is 11.4 Å². The van der Waals surface area contributed by atoms with E-state index in [0.717, 1.165) is 18.3 Å². The number of benzene rings is 1. The Balaban J connectivity index is 1.72. The van der Waals surface area contributed by atoms with Gasteiger partial charge in [0.25, 0.3) is 0 Å². The molecule has 168 valence electrons. The van der Waals surface area contributed by atoms with Crippen LogP contribution in [0.3, 0.4) is 0 Å². The number of anilines is 2. The second kappa shape index (κ2) is 8.15. The number of halogens is 6. The minimum atomic E-state index is -4.77. The summed E-state index contributed by atoms with van der Waals surface area (Å²) in [6.45, 7) is 0. The lowest BCUT2D eigenvalue weighted by atomic mass is 10.1. The highest BCUT2D eigenvalue weighted by atomic mass is 19.4. The molecule has 4 aromatic rings. The molecular formula is C22H12F6N4O. The Morgan fingerprint density at radius 3 is 2.21 bits per heavy atom. The van der Waals surface area contributed by atoms with E-state index in [9.17, 15) is 31.1 Å². The number of rotatable bonds is 4. The monoisotopic (exact) mass is 462 g/mol. The summed E-state index contributed by atoms with van der Waals surface area (Å²) >= 11 is 0. The molecule has 3 aromatic heterocycles. The second-order valence-electron chi connectivity index (χ2n) is 6.91. The molecule has 33 heavy (non-hydrogen) atoms. The van der Waals surface area contributed by atoms with Crippen molar-refractivity contribution >= 4 is 28.7 Å². The highest BCUT2D eigenvalue weighted by molar-refractivity contribution is 5.92. The summed E-state index contributed by atoms with van der Waals surface area (Å²) < 4.78 is 78.7. The van der Waals surface area contributed by atoms with Gasteiger partial charge < -0.3 is 5.32 Å². The molecule has 5 nitrogen and oxygen atoms in total. The molecule has 0 aliphatic carbocycles. The molecule has 0 radical (unpaired) electrons. The van der Waals surface area contributed by atoms with Crippen LogP contribution in [0.1, 0.15) is 21.5 Å².